The topological polar surface area (TPSA) is 18.5 Å². The van der Waals surface area contributed by atoms with Gasteiger partial charge in [0, 0.05) is 0 Å². The maximum atomic E-state index is 6.04. The SMILES string of the molecule is C=CCc1ccc(OCc2ccccc2)c(OCc2ccccc2)c1. The second-order valence-electron chi connectivity index (χ2n) is 5.82. The Kier molecular flexibility index (Phi) is 5.89. The van der Waals surface area contributed by atoms with Gasteiger partial charge in [-0.15, -0.1) is 6.58 Å². The van der Waals surface area contributed by atoms with E-state index in [-0.39, 0.29) is 0 Å². The van der Waals surface area contributed by atoms with Crippen LogP contribution in [0.4, 0.5) is 0 Å². The van der Waals surface area contributed by atoms with Gasteiger partial charge < -0.3 is 9.47 Å². The lowest BCUT2D eigenvalue weighted by molar-refractivity contribution is 0.255. The van der Waals surface area contributed by atoms with E-state index < -0.39 is 0 Å². The van der Waals surface area contributed by atoms with E-state index in [1.54, 1.807) is 0 Å². The van der Waals surface area contributed by atoms with E-state index in [1.165, 1.54) is 0 Å². The van der Waals surface area contributed by atoms with E-state index in [2.05, 4.69) is 36.9 Å². The molecule has 0 radical (unpaired) electrons. The zero-order valence-electron chi connectivity index (χ0n) is 14.2. The largest absolute Gasteiger partial charge is 0.485 e. The minimum atomic E-state index is 0.514. The first-order valence-corrected chi connectivity index (χ1v) is 8.42. The van der Waals surface area contributed by atoms with E-state index in [4.69, 9.17) is 9.47 Å². The molecule has 0 aliphatic rings. The highest BCUT2D eigenvalue weighted by molar-refractivity contribution is 5.43. The van der Waals surface area contributed by atoms with Gasteiger partial charge in [-0.2, -0.15) is 0 Å². The molecule has 0 saturated heterocycles. The van der Waals surface area contributed by atoms with Crippen molar-refractivity contribution in [2.75, 3.05) is 0 Å². The van der Waals surface area contributed by atoms with Gasteiger partial charge in [-0.05, 0) is 35.2 Å². The van der Waals surface area contributed by atoms with Crippen LogP contribution in [-0.4, -0.2) is 0 Å². The van der Waals surface area contributed by atoms with Crippen LogP contribution in [0.15, 0.2) is 91.5 Å². The lowest BCUT2D eigenvalue weighted by atomic mass is 10.1. The molecule has 0 bridgehead atoms. The summed E-state index contributed by atoms with van der Waals surface area (Å²) in [5.41, 5.74) is 3.42. The predicted molar refractivity (Wildman–Crippen MR) is 102 cm³/mol. The first-order chi connectivity index (χ1) is 12.3. The third-order valence-electron chi connectivity index (χ3n) is 3.86. The van der Waals surface area contributed by atoms with Gasteiger partial charge in [0.25, 0.3) is 0 Å². The molecule has 0 N–H and O–H groups in total. The molecule has 0 aromatic heterocycles. The maximum Gasteiger partial charge on any atom is 0.161 e. The molecule has 3 aromatic rings. The molecule has 0 unspecified atom stereocenters. The number of rotatable bonds is 8. The Morgan fingerprint density at radius 2 is 1.20 bits per heavy atom. The van der Waals surface area contributed by atoms with Crippen molar-refractivity contribution in [1.29, 1.82) is 0 Å². The lowest BCUT2D eigenvalue weighted by Crippen LogP contribution is -2.01. The summed E-state index contributed by atoms with van der Waals surface area (Å²) in [5.74, 6) is 1.52. The summed E-state index contributed by atoms with van der Waals surface area (Å²) in [7, 11) is 0. The summed E-state index contributed by atoms with van der Waals surface area (Å²) in [5, 5.41) is 0. The van der Waals surface area contributed by atoms with Crippen molar-refractivity contribution in [2.45, 2.75) is 19.6 Å². The number of ether oxygens (including phenoxy) is 2. The van der Waals surface area contributed by atoms with Crippen LogP contribution >= 0.6 is 0 Å². The van der Waals surface area contributed by atoms with E-state index in [0.29, 0.717) is 13.2 Å². The van der Waals surface area contributed by atoms with Crippen molar-refractivity contribution >= 4 is 0 Å². The van der Waals surface area contributed by atoms with E-state index in [1.807, 2.05) is 54.6 Å². The summed E-state index contributed by atoms with van der Waals surface area (Å²) in [4.78, 5) is 0. The van der Waals surface area contributed by atoms with Crippen molar-refractivity contribution in [2.24, 2.45) is 0 Å². The van der Waals surface area contributed by atoms with Gasteiger partial charge in [-0.3, -0.25) is 0 Å². The van der Waals surface area contributed by atoms with Crippen molar-refractivity contribution < 1.29 is 9.47 Å². The molecule has 0 fully saturated rings. The van der Waals surface area contributed by atoms with Crippen molar-refractivity contribution in [3.63, 3.8) is 0 Å². The maximum absolute atomic E-state index is 6.04. The third-order valence-corrected chi connectivity index (χ3v) is 3.86. The molecule has 0 saturated carbocycles. The van der Waals surface area contributed by atoms with Gasteiger partial charge >= 0.3 is 0 Å². The standard InChI is InChI=1S/C23H22O2/c1-2-9-19-14-15-22(24-17-20-10-5-3-6-11-20)23(16-19)25-18-21-12-7-4-8-13-21/h2-8,10-16H,1,9,17-18H2. The van der Waals surface area contributed by atoms with Crippen LogP contribution < -0.4 is 9.47 Å². The Morgan fingerprint density at radius 1 is 0.640 bits per heavy atom. The Hall–Kier alpha value is -3.00. The second-order valence-corrected chi connectivity index (χ2v) is 5.82. The average Bonchev–Trinajstić information content (AvgIpc) is 2.67. The third kappa shape index (κ3) is 4.98. The molecular weight excluding hydrogens is 308 g/mol. The second kappa shape index (κ2) is 8.74. The van der Waals surface area contributed by atoms with Gasteiger partial charge in [0.15, 0.2) is 11.5 Å². The molecule has 0 spiro atoms. The van der Waals surface area contributed by atoms with Gasteiger partial charge in [0.1, 0.15) is 13.2 Å². The highest BCUT2D eigenvalue weighted by Gasteiger charge is 2.08. The fourth-order valence-electron chi connectivity index (χ4n) is 2.55. The molecule has 0 heterocycles. The number of benzene rings is 3. The van der Waals surface area contributed by atoms with Crippen LogP contribution in [0.3, 0.4) is 0 Å². The first-order valence-electron chi connectivity index (χ1n) is 8.42. The highest BCUT2D eigenvalue weighted by Crippen LogP contribution is 2.30. The Bertz CT molecular complexity index is 795. The predicted octanol–water partition coefficient (Wildman–Crippen LogP) is 5.57. The number of hydrogen-bond donors (Lipinski definition) is 0. The van der Waals surface area contributed by atoms with Crippen LogP contribution in [0.2, 0.25) is 0 Å². The quantitative estimate of drug-likeness (QED) is 0.502. The normalized spacial score (nSPS) is 10.2. The zero-order chi connectivity index (χ0) is 17.3. The number of allylic oxidation sites excluding steroid dienone is 1. The van der Waals surface area contributed by atoms with Crippen LogP contribution in [-0.2, 0) is 19.6 Å². The average molecular weight is 330 g/mol. The minimum Gasteiger partial charge on any atom is -0.485 e. The van der Waals surface area contributed by atoms with Crippen molar-refractivity contribution in [1.82, 2.24) is 0 Å². The molecule has 2 nitrogen and oxygen atoms in total. The number of hydrogen-bond acceptors (Lipinski definition) is 2. The molecule has 0 atom stereocenters. The monoisotopic (exact) mass is 330 g/mol. The van der Waals surface area contributed by atoms with Crippen molar-refractivity contribution in [3.05, 3.63) is 108 Å². The Balaban J connectivity index is 1.74. The van der Waals surface area contributed by atoms with E-state index in [0.717, 1.165) is 34.6 Å². The molecule has 3 aromatic carbocycles. The smallest absolute Gasteiger partial charge is 0.161 e. The lowest BCUT2D eigenvalue weighted by Gasteiger charge is -2.14. The molecular formula is C23H22O2. The molecule has 3 rings (SSSR count). The van der Waals surface area contributed by atoms with Gasteiger partial charge in [-0.1, -0.05) is 72.8 Å². The van der Waals surface area contributed by atoms with Gasteiger partial charge in [-0.25, -0.2) is 0 Å². The van der Waals surface area contributed by atoms with Crippen LogP contribution in [0.5, 0.6) is 11.5 Å². The van der Waals surface area contributed by atoms with Crippen LogP contribution in [0.25, 0.3) is 0 Å². The summed E-state index contributed by atoms with van der Waals surface area (Å²) >= 11 is 0. The van der Waals surface area contributed by atoms with Gasteiger partial charge in [0.05, 0.1) is 0 Å². The summed E-state index contributed by atoms with van der Waals surface area (Å²) in [6, 6.07) is 26.3. The molecule has 0 aliphatic carbocycles. The zero-order valence-corrected chi connectivity index (χ0v) is 14.2. The summed E-state index contributed by atoms with van der Waals surface area (Å²) in [6.07, 6.45) is 2.70. The minimum absolute atomic E-state index is 0.514. The fraction of sp³-hybridized carbons (Fsp3) is 0.130. The molecule has 126 valence electrons. The molecule has 2 heteroatoms. The molecule has 0 aliphatic heterocycles. The highest BCUT2D eigenvalue weighted by atomic mass is 16.5. The summed E-state index contributed by atoms with van der Waals surface area (Å²) in [6.45, 7) is 4.84. The molecule has 0 amide bonds. The summed E-state index contributed by atoms with van der Waals surface area (Å²) < 4.78 is 12.0. The van der Waals surface area contributed by atoms with Crippen LogP contribution in [0, 0.1) is 0 Å². The Labute approximate surface area is 149 Å². The van der Waals surface area contributed by atoms with Crippen LogP contribution in [0.1, 0.15) is 16.7 Å². The first kappa shape index (κ1) is 16.8. The molecule has 25 heavy (non-hydrogen) atoms. The fourth-order valence-corrected chi connectivity index (χ4v) is 2.55. The van der Waals surface area contributed by atoms with E-state index >= 15 is 0 Å². The van der Waals surface area contributed by atoms with Crippen molar-refractivity contribution in [3.8, 4) is 11.5 Å². The van der Waals surface area contributed by atoms with E-state index in [9.17, 15) is 0 Å². The Morgan fingerprint density at radius 3 is 1.76 bits per heavy atom. The van der Waals surface area contributed by atoms with Gasteiger partial charge in [0.2, 0.25) is 0 Å².